The largest absolute Gasteiger partial charge is 0.378 e. The molecule has 1 saturated heterocycles. The smallest absolute Gasteiger partial charge is 0.0701 e. The number of rotatable bonds is 0. The van der Waals surface area contributed by atoms with Gasteiger partial charge >= 0.3 is 0 Å². The fraction of sp³-hybridized carbons (Fsp3) is 1.00. The van der Waals surface area contributed by atoms with Crippen molar-refractivity contribution in [3.8, 4) is 0 Å². The van der Waals surface area contributed by atoms with Gasteiger partial charge in [0.1, 0.15) is 0 Å². The topological polar surface area (TPSA) is 58.2 Å². The van der Waals surface area contributed by atoms with E-state index in [9.17, 15) is 0 Å². The van der Waals surface area contributed by atoms with Crippen LogP contribution >= 0.6 is 0 Å². The average Bonchev–Trinajstić information content (AvgIpc) is 2.39. The van der Waals surface area contributed by atoms with E-state index < -0.39 is 0 Å². The molecule has 1 N–H and O–H groups in total. The minimum atomic E-state index is 0.599. The van der Waals surface area contributed by atoms with Gasteiger partial charge in [0, 0.05) is 13.1 Å². The standard InChI is InChI=1S/C12H25NO5/c1-3-14-5-7-16-9-11-18-12-10-17-8-6-15-4-2-13-1/h13H,1-12H2. The van der Waals surface area contributed by atoms with Crippen molar-refractivity contribution in [3.05, 3.63) is 0 Å². The van der Waals surface area contributed by atoms with E-state index in [1.54, 1.807) is 0 Å². The third-order valence-corrected chi connectivity index (χ3v) is 2.33. The molecule has 1 rings (SSSR count). The predicted octanol–water partition coefficient (Wildman–Crippen LogP) is -0.327. The lowest BCUT2D eigenvalue weighted by Gasteiger charge is -2.10. The minimum absolute atomic E-state index is 0.599. The molecule has 1 aliphatic rings. The van der Waals surface area contributed by atoms with E-state index >= 15 is 0 Å². The van der Waals surface area contributed by atoms with Crippen molar-refractivity contribution in [2.45, 2.75) is 0 Å². The fourth-order valence-corrected chi connectivity index (χ4v) is 1.40. The maximum absolute atomic E-state index is 5.39. The Labute approximate surface area is 109 Å². The first-order chi connectivity index (χ1) is 9.00. The third-order valence-electron chi connectivity index (χ3n) is 2.33. The van der Waals surface area contributed by atoms with Gasteiger partial charge in [-0.3, -0.25) is 0 Å². The molecule has 1 fully saturated rings. The second kappa shape index (κ2) is 13.2. The number of hydrogen-bond acceptors (Lipinski definition) is 6. The van der Waals surface area contributed by atoms with Crippen molar-refractivity contribution in [2.24, 2.45) is 0 Å². The Bertz CT molecular complexity index is 95.5. The Balaban J connectivity index is 2.00. The summed E-state index contributed by atoms with van der Waals surface area (Å²) in [6, 6.07) is 0. The monoisotopic (exact) mass is 263 g/mol. The van der Waals surface area contributed by atoms with Gasteiger partial charge in [-0.15, -0.1) is 0 Å². The molecule has 0 aromatic heterocycles. The Morgan fingerprint density at radius 1 is 0.389 bits per heavy atom. The number of ether oxygens (including phenoxy) is 5. The van der Waals surface area contributed by atoms with E-state index in [1.165, 1.54) is 0 Å². The average molecular weight is 263 g/mol. The Kier molecular flexibility index (Phi) is 11.6. The first-order valence-electron chi connectivity index (χ1n) is 6.59. The van der Waals surface area contributed by atoms with Gasteiger partial charge in [0.05, 0.1) is 66.1 Å². The van der Waals surface area contributed by atoms with Gasteiger partial charge in [-0.1, -0.05) is 0 Å². The molecular formula is C12H25NO5. The molecule has 0 spiro atoms. The lowest BCUT2D eigenvalue weighted by atomic mass is 10.6. The minimum Gasteiger partial charge on any atom is -0.378 e. The van der Waals surface area contributed by atoms with E-state index in [2.05, 4.69) is 5.32 Å². The van der Waals surface area contributed by atoms with E-state index in [-0.39, 0.29) is 0 Å². The Morgan fingerprint density at radius 2 is 0.667 bits per heavy atom. The summed E-state index contributed by atoms with van der Waals surface area (Å²) < 4.78 is 26.8. The lowest BCUT2D eigenvalue weighted by Crippen LogP contribution is -2.25. The van der Waals surface area contributed by atoms with Crippen molar-refractivity contribution in [1.82, 2.24) is 5.32 Å². The zero-order chi connectivity index (χ0) is 12.7. The molecule has 0 unspecified atom stereocenters. The highest BCUT2D eigenvalue weighted by Gasteiger charge is 1.95. The highest BCUT2D eigenvalue weighted by atomic mass is 16.6. The summed E-state index contributed by atoms with van der Waals surface area (Å²) in [5.41, 5.74) is 0. The highest BCUT2D eigenvalue weighted by molar-refractivity contribution is 4.45. The second-order valence-corrected chi connectivity index (χ2v) is 3.81. The summed E-state index contributed by atoms with van der Waals surface area (Å²) >= 11 is 0. The van der Waals surface area contributed by atoms with Crippen LogP contribution in [0.1, 0.15) is 0 Å². The van der Waals surface area contributed by atoms with Crippen LogP contribution in [0.3, 0.4) is 0 Å². The molecule has 6 nitrogen and oxygen atoms in total. The van der Waals surface area contributed by atoms with Crippen LogP contribution in [-0.2, 0) is 23.7 Å². The van der Waals surface area contributed by atoms with Crippen LogP contribution in [0.2, 0.25) is 0 Å². The molecule has 0 atom stereocenters. The first-order valence-corrected chi connectivity index (χ1v) is 6.59. The zero-order valence-corrected chi connectivity index (χ0v) is 11.0. The maximum Gasteiger partial charge on any atom is 0.0701 e. The lowest BCUT2D eigenvalue weighted by molar-refractivity contribution is -0.0125. The van der Waals surface area contributed by atoms with Crippen LogP contribution in [0.4, 0.5) is 0 Å². The van der Waals surface area contributed by atoms with E-state index in [0.29, 0.717) is 66.1 Å². The third kappa shape index (κ3) is 10.9. The molecule has 18 heavy (non-hydrogen) atoms. The van der Waals surface area contributed by atoms with E-state index in [4.69, 9.17) is 23.7 Å². The normalized spacial score (nSPS) is 24.0. The van der Waals surface area contributed by atoms with Gasteiger partial charge < -0.3 is 29.0 Å². The summed E-state index contributed by atoms with van der Waals surface area (Å²) in [5.74, 6) is 0. The van der Waals surface area contributed by atoms with Crippen LogP contribution < -0.4 is 5.32 Å². The van der Waals surface area contributed by atoms with Gasteiger partial charge in [0.25, 0.3) is 0 Å². The fourth-order valence-electron chi connectivity index (χ4n) is 1.40. The van der Waals surface area contributed by atoms with Crippen LogP contribution in [0.25, 0.3) is 0 Å². The Hall–Kier alpha value is -0.240. The van der Waals surface area contributed by atoms with Crippen molar-refractivity contribution in [1.29, 1.82) is 0 Å². The molecule has 0 aromatic rings. The van der Waals surface area contributed by atoms with Gasteiger partial charge in [0.15, 0.2) is 0 Å². The second-order valence-electron chi connectivity index (χ2n) is 3.81. The first kappa shape index (κ1) is 15.8. The Morgan fingerprint density at radius 3 is 1.00 bits per heavy atom. The summed E-state index contributed by atoms with van der Waals surface area (Å²) in [5, 5.41) is 3.24. The molecule has 0 amide bonds. The van der Waals surface area contributed by atoms with Crippen LogP contribution in [0, 0.1) is 0 Å². The molecule has 6 heteroatoms. The van der Waals surface area contributed by atoms with Crippen molar-refractivity contribution in [3.63, 3.8) is 0 Å². The molecule has 1 aliphatic heterocycles. The molecule has 0 aromatic carbocycles. The highest BCUT2D eigenvalue weighted by Crippen LogP contribution is 1.84. The summed E-state index contributed by atoms with van der Waals surface area (Å²) in [6.07, 6.45) is 0. The van der Waals surface area contributed by atoms with Crippen LogP contribution in [-0.4, -0.2) is 79.2 Å². The molecule has 1 heterocycles. The predicted molar refractivity (Wildman–Crippen MR) is 67.0 cm³/mol. The van der Waals surface area contributed by atoms with Gasteiger partial charge in [-0.2, -0.15) is 0 Å². The molecule has 0 bridgehead atoms. The molecule has 0 radical (unpaired) electrons. The molecular weight excluding hydrogens is 238 g/mol. The van der Waals surface area contributed by atoms with Crippen molar-refractivity contribution in [2.75, 3.05) is 79.2 Å². The summed E-state index contributed by atoms with van der Waals surface area (Å²) in [6.45, 7) is 7.95. The van der Waals surface area contributed by atoms with Crippen LogP contribution in [0.15, 0.2) is 0 Å². The summed E-state index contributed by atoms with van der Waals surface area (Å²) in [4.78, 5) is 0. The van der Waals surface area contributed by atoms with E-state index in [0.717, 1.165) is 13.1 Å². The quantitative estimate of drug-likeness (QED) is 0.646. The maximum atomic E-state index is 5.39. The van der Waals surface area contributed by atoms with Crippen molar-refractivity contribution >= 4 is 0 Å². The molecule has 0 saturated carbocycles. The number of hydrogen-bond donors (Lipinski definition) is 1. The number of nitrogens with one attached hydrogen (secondary N) is 1. The van der Waals surface area contributed by atoms with Gasteiger partial charge in [-0.05, 0) is 0 Å². The van der Waals surface area contributed by atoms with E-state index in [1.807, 2.05) is 0 Å². The molecule has 0 aliphatic carbocycles. The van der Waals surface area contributed by atoms with Crippen molar-refractivity contribution < 1.29 is 23.7 Å². The van der Waals surface area contributed by atoms with Gasteiger partial charge in [0.2, 0.25) is 0 Å². The SMILES string of the molecule is C1COCCOCCOCCOCCOCCN1. The van der Waals surface area contributed by atoms with Gasteiger partial charge in [-0.25, -0.2) is 0 Å². The summed E-state index contributed by atoms with van der Waals surface area (Å²) in [7, 11) is 0. The van der Waals surface area contributed by atoms with Crippen LogP contribution in [0.5, 0.6) is 0 Å². The molecule has 108 valence electrons. The zero-order valence-electron chi connectivity index (χ0n) is 11.0.